The lowest BCUT2D eigenvalue weighted by molar-refractivity contribution is -0.119. The number of amides is 1. The predicted octanol–water partition coefficient (Wildman–Crippen LogP) is 2.55. The molecular formula is C17H13FN6O. The van der Waals surface area contributed by atoms with Crippen LogP contribution in [0.15, 0.2) is 48.5 Å². The van der Waals surface area contributed by atoms with Gasteiger partial charge >= 0.3 is 0 Å². The summed E-state index contributed by atoms with van der Waals surface area (Å²) in [5.41, 5.74) is 1.56. The molecule has 0 fully saturated rings. The molecule has 0 unspecified atom stereocenters. The molecule has 3 rings (SSSR count). The number of benzene rings is 2. The number of hydrogen-bond acceptors (Lipinski definition) is 5. The second-order valence-electron chi connectivity index (χ2n) is 5.30. The van der Waals surface area contributed by atoms with E-state index in [0.717, 1.165) is 0 Å². The second-order valence-corrected chi connectivity index (χ2v) is 5.30. The minimum absolute atomic E-state index is 0.297. The highest BCUT2D eigenvalue weighted by Gasteiger charge is 2.19. The molecule has 0 bridgehead atoms. The van der Waals surface area contributed by atoms with Gasteiger partial charge in [-0.1, -0.05) is 6.07 Å². The quantitative estimate of drug-likeness (QED) is 0.790. The van der Waals surface area contributed by atoms with E-state index >= 15 is 0 Å². The fourth-order valence-corrected chi connectivity index (χ4v) is 2.12. The van der Waals surface area contributed by atoms with Crippen molar-refractivity contribution in [3.05, 3.63) is 59.9 Å². The third-order valence-electron chi connectivity index (χ3n) is 3.52. The van der Waals surface area contributed by atoms with Crippen molar-refractivity contribution in [1.29, 1.82) is 5.26 Å². The topological polar surface area (TPSA) is 96.5 Å². The molecule has 1 N–H and O–H groups in total. The van der Waals surface area contributed by atoms with Gasteiger partial charge in [0.2, 0.25) is 5.82 Å². The molecule has 0 saturated heterocycles. The number of anilines is 1. The fourth-order valence-electron chi connectivity index (χ4n) is 2.12. The number of nitrogens with one attached hydrogen (secondary N) is 1. The van der Waals surface area contributed by atoms with Gasteiger partial charge in [0.25, 0.3) is 5.91 Å². The van der Waals surface area contributed by atoms with Crippen LogP contribution in [0.3, 0.4) is 0 Å². The fraction of sp³-hybridized carbons (Fsp3) is 0.118. The van der Waals surface area contributed by atoms with Crippen LogP contribution in [-0.4, -0.2) is 26.1 Å². The van der Waals surface area contributed by atoms with Crippen LogP contribution in [0.1, 0.15) is 18.5 Å². The normalized spacial score (nSPS) is 11.6. The first kappa shape index (κ1) is 16.3. The maximum Gasteiger partial charge on any atom is 0.250 e. The van der Waals surface area contributed by atoms with Crippen molar-refractivity contribution in [2.24, 2.45) is 0 Å². The number of nitriles is 1. The summed E-state index contributed by atoms with van der Waals surface area (Å²) >= 11 is 0. The molecule has 1 aromatic heterocycles. The van der Waals surface area contributed by atoms with E-state index in [1.165, 1.54) is 29.1 Å². The van der Waals surface area contributed by atoms with E-state index in [9.17, 15) is 9.18 Å². The van der Waals surface area contributed by atoms with E-state index in [1.807, 2.05) is 6.07 Å². The lowest BCUT2D eigenvalue weighted by atomic mass is 10.2. The Morgan fingerprint density at radius 3 is 2.76 bits per heavy atom. The van der Waals surface area contributed by atoms with Crippen LogP contribution in [0.4, 0.5) is 10.1 Å². The Morgan fingerprint density at radius 2 is 2.04 bits per heavy atom. The number of rotatable bonds is 4. The molecule has 8 heteroatoms. The molecule has 0 saturated carbocycles. The average Bonchev–Trinajstić information content (AvgIpc) is 3.12. The smallest absolute Gasteiger partial charge is 0.250 e. The Bertz CT molecular complexity index is 944. The monoisotopic (exact) mass is 336 g/mol. The highest BCUT2D eigenvalue weighted by Crippen LogP contribution is 2.16. The summed E-state index contributed by atoms with van der Waals surface area (Å²) in [4.78, 5) is 13.5. The third kappa shape index (κ3) is 3.67. The molecule has 0 spiro atoms. The highest BCUT2D eigenvalue weighted by molar-refractivity contribution is 5.93. The van der Waals surface area contributed by atoms with Crippen LogP contribution in [0.25, 0.3) is 11.4 Å². The standard InChI is InChI=1S/C17H13FN6O/c1-11(17(25)20-15-4-2-3-12(9-15)10-19)24-22-16(21-23-24)13-5-7-14(18)8-6-13/h2-9,11H,1H3,(H,20,25)/t11-/m1/s1. The number of tetrazole rings is 1. The number of nitrogens with zero attached hydrogens (tertiary/aromatic N) is 5. The van der Waals surface area contributed by atoms with Gasteiger partial charge in [0.1, 0.15) is 11.9 Å². The highest BCUT2D eigenvalue weighted by atomic mass is 19.1. The number of carbonyl (C=O) groups is 1. The maximum atomic E-state index is 13.0. The molecule has 3 aromatic rings. The van der Waals surface area contributed by atoms with E-state index in [-0.39, 0.29) is 11.7 Å². The van der Waals surface area contributed by atoms with Gasteiger partial charge in [-0.3, -0.25) is 4.79 Å². The molecular weight excluding hydrogens is 323 g/mol. The number of aromatic nitrogens is 4. The van der Waals surface area contributed by atoms with E-state index in [2.05, 4.69) is 20.7 Å². The molecule has 7 nitrogen and oxygen atoms in total. The summed E-state index contributed by atoms with van der Waals surface area (Å²) in [5.74, 6) is -0.409. The number of halogens is 1. The van der Waals surface area contributed by atoms with Gasteiger partial charge in [-0.2, -0.15) is 10.1 Å². The minimum Gasteiger partial charge on any atom is -0.324 e. The van der Waals surface area contributed by atoms with Crippen molar-refractivity contribution >= 4 is 11.6 Å². The number of carbonyl (C=O) groups excluding carboxylic acids is 1. The Kier molecular flexibility index (Phi) is 4.48. The largest absolute Gasteiger partial charge is 0.324 e. The average molecular weight is 336 g/mol. The molecule has 1 heterocycles. The molecule has 0 aliphatic heterocycles. The van der Waals surface area contributed by atoms with Crippen LogP contribution in [0.2, 0.25) is 0 Å². The molecule has 124 valence electrons. The van der Waals surface area contributed by atoms with Crippen molar-refractivity contribution in [2.75, 3.05) is 5.32 Å². The minimum atomic E-state index is -0.715. The molecule has 2 aromatic carbocycles. The first-order valence-corrected chi connectivity index (χ1v) is 7.43. The molecule has 0 radical (unpaired) electrons. The summed E-state index contributed by atoms with van der Waals surface area (Å²) in [6, 6.07) is 13.5. The van der Waals surface area contributed by atoms with Crippen LogP contribution >= 0.6 is 0 Å². The van der Waals surface area contributed by atoms with E-state index < -0.39 is 6.04 Å². The Morgan fingerprint density at radius 1 is 1.28 bits per heavy atom. The summed E-state index contributed by atoms with van der Waals surface area (Å²) in [6.45, 7) is 1.62. The van der Waals surface area contributed by atoms with Crippen molar-refractivity contribution in [3.8, 4) is 17.5 Å². The van der Waals surface area contributed by atoms with Gasteiger partial charge in [0, 0.05) is 11.3 Å². The van der Waals surface area contributed by atoms with Gasteiger partial charge in [-0.25, -0.2) is 4.39 Å². The molecule has 0 aliphatic rings. The van der Waals surface area contributed by atoms with Crippen LogP contribution in [0.5, 0.6) is 0 Å². The molecule has 1 amide bonds. The van der Waals surface area contributed by atoms with Crippen LogP contribution in [0, 0.1) is 17.1 Å². The Hall–Kier alpha value is -3.60. The van der Waals surface area contributed by atoms with Gasteiger partial charge in [-0.05, 0) is 54.6 Å². The number of hydrogen-bond donors (Lipinski definition) is 1. The first-order chi connectivity index (χ1) is 12.1. The van der Waals surface area contributed by atoms with E-state index in [1.54, 1.807) is 31.2 Å². The summed E-state index contributed by atoms with van der Waals surface area (Å²) in [5, 5.41) is 23.5. The summed E-state index contributed by atoms with van der Waals surface area (Å²) < 4.78 is 13.0. The lowest BCUT2D eigenvalue weighted by Gasteiger charge is -2.10. The predicted molar refractivity (Wildman–Crippen MR) is 87.7 cm³/mol. The maximum absolute atomic E-state index is 13.0. The second kappa shape index (κ2) is 6.88. The SMILES string of the molecule is C[C@H](C(=O)Nc1cccc(C#N)c1)n1nnc(-c2ccc(F)cc2)n1. The van der Waals surface area contributed by atoms with E-state index in [0.29, 0.717) is 22.6 Å². The van der Waals surface area contributed by atoms with Gasteiger partial charge < -0.3 is 5.32 Å². The zero-order valence-electron chi connectivity index (χ0n) is 13.2. The molecule has 0 aliphatic carbocycles. The van der Waals surface area contributed by atoms with Crippen molar-refractivity contribution in [2.45, 2.75) is 13.0 Å². The Labute approximate surface area is 142 Å². The molecule has 1 atom stereocenters. The van der Waals surface area contributed by atoms with Crippen LogP contribution < -0.4 is 5.32 Å². The lowest BCUT2D eigenvalue weighted by Crippen LogP contribution is -2.25. The Balaban J connectivity index is 1.74. The van der Waals surface area contributed by atoms with Gasteiger partial charge in [-0.15, -0.1) is 10.2 Å². The first-order valence-electron chi connectivity index (χ1n) is 7.43. The summed E-state index contributed by atoms with van der Waals surface area (Å²) in [7, 11) is 0. The van der Waals surface area contributed by atoms with Crippen molar-refractivity contribution in [3.63, 3.8) is 0 Å². The third-order valence-corrected chi connectivity index (χ3v) is 3.52. The van der Waals surface area contributed by atoms with Crippen molar-refractivity contribution < 1.29 is 9.18 Å². The molecule has 25 heavy (non-hydrogen) atoms. The van der Waals surface area contributed by atoms with Gasteiger partial charge in [0.15, 0.2) is 0 Å². The zero-order valence-corrected chi connectivity index (χ0v) is 13.2. The van der Waals surface area contributed by atoms with Gasteiger partial charge in [0.05, 0.1) is 11.6 Å². The van der Waals surface area contributed by atoms with Crippen molar-refractivity contribution in [1.82, 2.24) is 20.2 Å². The summed E-state index contributed by atoms with van der Waals surface area (Å²) in [6.07, 6.45) is 0. The zero-order chi connectivity index (χ0) is 17.8. The van der Waals surface area contributed by atoms with Crippen LogP contribution in [-0.2, 0) is 4.79 Å². The van der Waals surface area contributed by atoms with E-state index in [4.69, 9.17) is 5.26 Å².